The van der Waals surface area contributed by atoms with Gasteiger partial charge in [-0.15, -0.1) is 0 Å². The molecule has 0 unspecified atom stereocenters. The largest absolute Gasteiger partial charge is 0.366 e. The third kappa shape index (κ3) is 4.98. The van der Waals surface area contributed by atoms with Crippen molar-refractivity contribution in [2.75, 3.05) is 16.8 Å². The molecule has 0 atom stereocenters. The van der Waals surface area contributed by atoms with E-state index < -0.39 is 5.91 Å². The molecule has 0 bridgehead atoms. The lowest BCUT2D eigenvalue weighted by molar-refractivity contribution is -0.115. The maximum Gasteiger partial charge on any atom is 0.250 e. The van der Waals surface area contributed by atoms with Crippen LogP contribution in [0.3, 0.4) is 0 Å². The van der Waals surface area contributed by atoms with Crippen LogP contribution in [0, 0.1) is 6.92 Å². The van der Waals surface area contributed by atoms with Crippen LogP contribution < -0.4 is 16.0 Å². The summed E-state index contributed by atoms with van der Waals surface area (Å²) < 4.78 is 0. The minimum absolute atomic E-state index is 0.144. The second-order valence-electron chi connectivity index (χ2n) is 6.64. The van der Waals surface area contributed by atoms with Gasteiger partial charge in [0.2, 0.25) is 5.91 Å². The average molecular weight is 373 g/mol. The van der Waals surface area contributed by atoms with E-state index in [-0.39, 0.29) is 12.5 Å². The van der Waals surface area contributed by atoms with Crippen LogP contribution in [0.2, 0.25) is 0 Å². The monoisotopic (exact) mass is 373 g/mol. The molecule has 0 heterocycles. The Morgan fingerprint density at radius 3 is 2.21 bits per heavy atom. The molecular weight excluding hydrogens is 350 g/mol. The van der Waals surface area contributed by atoms with Crippen LogP contribution in [0.1, 0.15) is 21.5 Å². The van der Waals surface area contributed by atoms with Crippen LogP contribution in [0.25, 0.3) is 0 Å². The third-order valence-corrected chi connectivity index (χ3v) is 4.42. The molecule has 0 saturated heterocycles. The fourth-order valence-corrected chi connectivity index (χ4v) is 2.97. The summed E-state index contributed by atoms with van der Waals surface area (Å²) in [6.07, 6.45) is 0. The lowest BCUT2D eigenvalue weighted by Gasteiger charge is -2.25. The van der Waals surface area contributed by atoms with E-state index >= 15 is 0 Å². The molecule has 3 rings (SSSR count). The van der Waals surface area contributed by atoms with Crippen LogP contribution in [-0.2, 0) is 11.3 Å². The summed E-state index contributed by atoms with van der Waals surface area (Å²) in [6.45, 7) is 2.76. The highest BCUT2D eigenvalue weighted by Gasteiger charge is 2.15. The topological polar surface area (TPSA) is 75.4 Å². The fraction of sp³-hybridized carbons (Fsp3) is 0.130. The van der Waals surface area contributed by atoms with E-state index in [1.807, 2.05) is 66.4 Å². The Kier molecular flexibility index (Phi) is 6.07. The summed E-state index contributed by atoms with van der Waals surface area (Å²) in [5.41, 5.74) is 9.32. The number of aryl methyl sites for hydroxylation is 1. The zero-order chi connectivity index (χ0) is 19.9. The van der Waals surface area contributed by atoms with Crippen LogP contribution in [0.5, 0.6) is 0 Å². The second-order valence-corrected chi connectivity index (χ2v) is 6.64. The first-order chi connectivity index (χ1) is 13.5. The van der Waals surface area contributed by atoms with Gasteiger partial charge in [0.05, 0.1) is 17.8 Å². The highest BCUT2D eigenvalue weighted by atomic mass is 16.2. The molecule has 0 fully saturated rings. The third-order valence-electron chi connectivity index (χ3n) is 4.42. The molecule has 28 heavy (non-hydrogen) atoms. The Bertz CT molecular complexity index is 953. The summed E-state index contributed by atoms with van der Waals surface area (Å²) in [5.74, 6) is -0.791. The normalized spacial score (nSPS) is 10.3. The second kappa shape index (κ2) is 8.86. The van der Waals surface area contributed by atoms with Gasteiger partial charge in [0.15, 0.2) is 0 Å². The Morgan fingerprint density at radius 2 is 1.54 bits per heavy atom. The van der Waals surface area contributed by atoms with E-state index in [0.717, 1.165) is 16.8 Å². The summed E-state index contributed by atoms with van der Waals surface area (Å²) >= 11 is 0. The van der Waals surface area contributed by atoms with Gasteiger partial charge < -0.3 is 16.0 Å². The van der Waals surface area contributed by atoms with Crippen LogP contribution >= 0.6 is 0 Å². The number of nitrogens with one attached hydrogen (secondary N) is 1. The predicted molar refractivity (Wildman–Crippen MR) is 112 cm³/mol. The standard InChI is InChI=1S/C23H23N3O2/c1-17-11-13-19(14-12-17)26(15-18-7-3-2-4-8-18)16-22(27)25-21-10-6-5-9-20(21)23(24)28/h2-14H,15-16H2,1H3,(H2,24,28)(H,25,27). The number of nitrogens with zero attached hydrogens (tertiary/aromatic N) is 1. The Morgan fingerprint density at radius 1 is 0.893 bits per heavy atom. The van der Waals surface area contributed by atoms with Gasteiger partial charge in [-0.05, 0) is 36.8 Å². The van der Waals surface area contributed by atoms with Crippen molar-refractivity contribution in [3.8, 4) is 0 Å². The van der Waals surface area contributed by atoms with Crippen molar-refractivity contribution >= 4 is 23.2 Å². The maximum atomic E-state index is 12.7. The van der Waals surface area contributed by atoms with Crippen molar-refractivity contribution in [2.24, 2.45) is 5.73 Å². The molecule has 5 nitrogen and oxygen atoms in total. The number of hydrogen-bond acceptors (Lipinski definition) is 3. The average Bonchev–Trinajstić information content (AvgIpc) is 2.69. The fourth-order valence-electron chi connectivity index (χ4n) is 2.97. The highest BCUT2D eigenvalue weighted by molar-refractivity contribution is 6.03. The number of primary amides is 1. The van der Waals surface area contributed by atoms with Crippen LogP contribution in [0.15, 0.2) is 78.9 Å². The Hall–Kier alpha value is -3.60. The number of carbonyl (C=O) groups is 2. The van der Waals surface area contributed by atoms with E-state index in [0.29, 0.717) is 17.8 Å². The first kappa shape index (κ1) is 19.2. The first-order valence-corrected chi connectivity index (χ1v) is 9.07. The Labute approximate surface area is 164 Å². The molecule has 0 aromatic heterocycles. The van der Waals surface area contributed by atoms with Gasteiger partial charge in [0, 0.05) is 12.2 Å². The molecule has 0 aliphatic rings. The Balaban J connectivity index is 1.80. The lowest BCUT2D eigenvalue weighted by atomic mass is 10.1. The van der Waals surface area contributed by atoms with Gasteiger partial charge in [-0.1, -0.05) is 60.2 Å². The molecule has 3 aromatic carbocycles. The van der Waals surface area contributed by atoms with Gasteiger partial charge in [0.1, 0.15) is 0 Å². The molecular formula is C23H23N3O2. The van der Waals surface area contributed by atoms with Gasteiger partial charge in [-0.25, -0.2) is 0 Å². The SMILES string of the molecule is Cc1ccc(N(CC(=O)Nc2ccccc2C(N)=O)Cc2ccccc2)cc1. The van der Waals surface area contributed by atoms with Crippen molar-refractivity contribution in [1.82, 2.24) is 0 Å². The number of amides is 2. The van der Waals surface area contributed by atoms with Crippen molar-refractivity contribution in [1.29, 1.82) is 0 Å². The van der Waals surface area contributed by atoms with Gasteiger partial charge in [0.25, 0.3) is 5.91 Å². The predicted octanol–water partition coefficient (Wildman–Crippen LogP) is 3.74. The van der Waals surface area contributed by atoms with Crippen molar-refractivity contribution in [3.05, 3.63) is 95.6 Å². The number of anilines is 2. The lowest BCUT2D eigenvalue weighted by Crippen LogP contribution is -2.33. The van der Waals surface area contributed by atoms with E-state index in [9.17, 15) is 9.59 Å². The van der Waals surface area contributed by atoms with Crippen molar-refractivity contribution < 1.29 is 9.59 Å². The van der Waals surface area contributed by atoms with Gasteiger partial charge in [-0.3, -0.25) is 9.59 Å². The summed E-state index contributed by atoms with van der Waals surface area (Å²) in [7, 11) is 0. The zero-order valence-electron chi connectivity index (χ0n) is 15.8. The number of hydrogen-bond donors (Lipinski definition) is 2. The van der Waals surface area contributed by atoms with Crippen molar-refractivity contribution in [2.45, 2.75) is 13.5 Å². The summed E-state index contributed by atoms with van der Waals surface area (Å²) in [5, 5.41) is 2.81. The minimum atomic E-state index is -0.574. The first-order valence-electron chi connectivity index (χ1n) is 9.07. The molecule has 5 heteroatoms. The van der Waals surface area contributed by atoms with E-state index in [2.05, 4.69) is 5.32 Å². The smallest absolute Gasteiger partial charge is 0.250 e. The zero-order valence-corrected chi connectivity index (χ0v) is 15.8. The molecule has 3 N–H and O–H groups in total. The number of benzene rings is 3. The summed E-state index contributed by atoms with van der Waals surface area (Å²) in [6, 6.07) is 24.8. The number of rotatable bonds is 7. The number of para-hydroxylation sites is 1. The van der Waals surface area contributed by atoms with Crippen LogP contribution in [0.4, 0.5) is 11.4 Å². The molecule has 0 saturated carbocycles. The number of carbonyl (C=O) groups excluding carboxylic acids is 2. The molecule has 0 radical (unpaired) electrons. The van der Waals surface area contributed by atoms with Gasteiger partial charge in [-0.2, -0.15) is 0 Å². The molecule has 2 amide bonds. The minimum Gasteiger partial charge on any atom is -0.366 e. The van der Waals surface area contributed by atoms with E-state index in [4.69, 9.17) is 5.73 Å². The van der Waals surface area contributed by atoms with E-state index in [1.165, 1.54) is 0 Å². The molecule has 0 aliphatic carbocycles. The molecule has 3 aromatic rings. The molecule has 0 spiro atoms. The van der Waals surface area contributed by atoms with Crippen LogP contribution in [-0.4, -0.2) is 18.4 Å². The maximum absolute atomic E-state index is 12.7. The highest BCUT2D eigenvalue weighted by Crippen LogP contribution is 2.19. The summed E-state index contributed by atoms with van der Waals surface area (Å²) in [4.78, 5) is 26.3. The van der Waals surface area contributed by atoms with E-state index in [1.54, 1.807) is 24.3 Å². The molecule has 142 valence electrons. The molecule has 0 aliphatic heterocycles. The van der Waals surface area contributed by atoms with Crippen molar-refractivity contribution in [3.63, 3.8) is 0 Å². The quantitative estimate of drug-likeness (QED) is 0.662. The van der Waals surface area contributed by atoms with Gasteiger partial charge >= 0.3 is 0 Å². The number of nitrogens with two attached hydrogens (primary N) is 1.